The van der Waals surface area contributed by atoms with E-state index in [1.54, 1.807) is 6.92 Å². The first-order chi connectivity index (χ1) is 1.00. The quantitative estimate of drug-likeness (QED) is 0.565. The largest absolute Gasteiger partial charge is 0.358 e. The molecule has 0 nitrogen and oxygen atoms in total. The molecule has 0 aliphatic rings. The van der Waals surface area contributed by atoms with Crippen LogP contribution in [0, 0.1) is 14.4 Å². The van der Waals surface area contributed by atoms with Crippen molar-refractivity contribution in [1.29, 1.82) is 0 Å². The van der Waals surface area contributed by atoms with Gasteiger partial charge in [-0.25, -0.2) is 0 Å². The minimum atomic E-state index is 0. The second kappa shape index (κ2) is 57.0. The van der Waals surface area contributed by atoms with E-state index in [9.17, 15) is 0 Å². The Balaban J connectivity index is -0.000000000833. The molecule has 0 heterocycles. The van der Waals surface area contributed by atoms with Gasteiger partial charge in [0.05, 0.1) is 0 Å². The minimum absolute atomic E-state index is 0. The zero-order chi connectivity index (χ0) is 2.00. The van der Waals surface area contributed by atoms with Crippen LogP contribution in [0.4, 0.5) is 0 Å². The summed E-state index contributed by atoms with van der Waals surface area (Å²) < 4.78 is 0. The summed E-state index contributed by atoms with van der Waals surface area (Å²) in [7, 11) is 0. The number of rotatable bonds is 0. The van der Waals surface area contributed by atoms with Crippen LogP contribution >= 0.6 is 0 Å². The average molecular weight is 238 g/mol. The van der Waals surface area contributed by atoms with E-state index in [-0.39, 0.29) is 80.3 Å². The van der Waals surface area contributed by atoms with Crippen molar-refractivity contribution in [2.24, 2.45) is 0 Å². The van der Waals surface area contributed by atoms with Gasteiger partial charge < -0.3 is 14.4 Å². The molecule has 0 bridgehead atoms. The van der Waals surface area contributed by atoms with E-state index in [0.717, 1.165) is 0 Å². The Kier molecular flexibility index (Phi) is 394. The maximum Gasteiger partial charge on any atom is 0 e. The van der Waals surface area contributed by atoms with Crippen molar-refractivity contribution in [2.75, 3.05) is 0 Å². The van der Waals surface area contributed by atoms with Gasteiger partial charge in [-0.1, -0.05) is 7.43 Å². The Labute approximate surface area is 92.6 Å². The first-order valence-electron chi connectivity index (χ1n) is 0.707. The van der Waals surface area contributed by atoms with E-state index in [2.05, 4.69) is 6.92 Å². The Morgan fingerprint density at radius 2 is 1.00 bits per heavy atom. The standard InChI is InChI=1S/C2H5.CH4.CH3.2Y/c1-2;;;;/h1H2,2H3;1H4;1H3;;/q-1;;-1;;. The van der Waals surface area contributed by atoms with Crippen LogP contribution in [0.15, 0.2) is 0 Å². The molecule has 0 saturated heterocycles. The van der Waals surface area contributed by atoms with Gasteiger partial charge in [-0.05, 0) is 0 Å². The van der Waals surface area contributed by atoms with E-state index in [1.807, 2.05) is 0 Å². The molecule has 6 heavy (non-hydrogen) atoms. The van der Waals surface area contributed by atoms with Crippen molar-refractivity contribution in [2.45, 2.75) is 14.4 Å². The first-order valence-corrected chi connectivity index (χ1v) is 0.707. The molecule has 0 N–H and O–H groups in total. The fourth-order valence-corrected chi connectivity index (χ4v) is 0. The van der Waals surface area contributed by atoms with Gasteiger partial charge in [-0.15, -0.1) is 0 Å². The average Bonchev–Trinajstić information content (AvgIpc) is 1.00. The maximum atomic E-state index is 3.25. The smallest absolute Gasteiger partial charge is 0 e. The Morgan fingerprint density at radius 3 is 1.00 bits per heavy atom. The zero-order valence-electron chi connectivity index (χ0n) is 3.86. The van der Waals surface area contributed by atoms with E-state index >= 15 is 0 Å². The molecule has 0 aliphatic carbocycles. The van der Waals surface area contributed by atoms with Crippen LogP contribution < -0.4 is 0 Å². The van der Waals surface area contributed by atoms with Crippen LogP contribution in [-0.2, 0) is 65.4 Å². The summed E-state index contributed by atoms with van der Waals surface area (Å²) in [6.07, 6.45) is 0. The van der Waals surface area contributed by atoms with Gasteiger partial charge in [-0.3, -0.25) is 0 Å². The summed E-state index contributed by atoms with van der Waals surface area (Å²) in [5.41, 5.74) is 0. The third kappa shape index (κ3) is 34.5. The Bertz CT molecular complexity index is 5.51. The number of hydrogen-bond acceptors (Lipinski definition) is 0. The fourth-order valence-electron chi connectivity index (χ4n) is 0. The molecule has 0 amide bonds. The van der Waals surface area contributed by atoms with Gasteiger partial charge in [0.1, 0.15) is 0 Å². The maximum absolute atomic E-state index is 3.25. The van der Waals surface area contributed by atoms with E-state index in [4.69, 9.17) is 0 Å². The molecular weight excluding hydrogens is 226 g/mol. The molecule has 0 fully saturated rings. The van der Waals surface area contributed by atoms with Gasteiger partial charge in [0, 0.05) is 65.4 Å². The second-order valence-corrected chi connectivity index (χ2v) is 0. The molecule has 2 heteroatoms. The monoisotopic (exact) mass is 238 g/mol. The van der Waals surface area contributed by atoms with Crippen molar-refractivity contribution in [3.05, 3.63) is 14.4 Å². The molecule has 0 unspecified atom stereocenters. The van der Waals surface area contributed by atoms with Crippen LogP contribution in [0.1, 0.15) is 14.4 Å². The second-order valence-electron chi connectivity index (χ2n) is 0. The van der Waals surface area contributed by atoms with Gasteiger partial charge in [0.15, 0.2) is 0 Å². The predicted octanol–water partition coefficient (Wildman–Crippen LogP) is 1.92. The van der Waals surface area contributed by atoms with Crippen LogP contribution in [0.25, 0.3) is 0 Å². The molecule has 36 valence electrons. The molecule has 0 saturated carbocycles. The van der Waals surface area contributed by atoms with Crippen molar-refractivity contribution in [3.63, 3.8) is 0 Å². The van der Waals surface area contributed by atoms with Crippen LogP contribution in [-0.4, -0.2) is 0 Å². The van der Waals surface area contributed by atoms with Gasteiger partial charge in [0.25, 0.3) is 0 Å². The van der Waals surface area contributed by atoms with Crippen molar-refractivity contribution in [3.8, 4) is 0 Å². The van der Waals surface area contributed by atoms with Crippen molar-refractivity contribution >= 4 is 0 Å². The van der Waals surface area contributed by atoms with Gasteiger partial charge in [0.2, 0.25) is 0 Å². The SMILES string of the molecule is C.[CH2-]C.[CH3-].[Y].[Y]. The normalized spacial score (nSPS) is 1.00. The van der Waals surface area contributed by atoms with E-state index in [1.165, 1.54) is 0 Å². The fraction of sp³-hybridized carbons (Fsp3) is 0.500. The first kappa shape index (κ1) is 41.4. The topological polar surface area (TPSA) is 0 Å². The summed E-state index contributed by atoms with van der Waals surface area (Å²) in [6, 6.07) is 0. The molecule has 0 aliphatic heterocycles. The summed E-state index contributed by atoms with van der Waals surface area (Å²) in [5, 5.41) is 0. The van der Waals surface area contributed by atoms with E-state index < -0.39 is 0 Å². The molecule has 0 atom stereocenters. The molecular formula is C4H12Y2-2. The molecule has 0 aromatic heterocycles. The van der Waals surface area contributed by atoms with Crippen molar-refractivity contribution < 1.29 is 65.4 Å². The Hall–Kier alpha value is 2.21. The predicted molar refractivity (Wildman–Crippen MR) is 24.2 cm³/mol. The molecule has 2 radical (unpaired) electrons. The van der Waals surface area contributed by atoms with Crippen LogP contribution in [0.5, 0.6) is 0 Å². The van der Waals surface area contributed by atoms with Crippen LogP contribution in [0.2, 0.25) is 0 Å². The van der Waals surface area contributed by atoms with Gasteiger partial charge >= 0.3 is 0 Å². The minimum Gasteiger partial charge on any atom is -0.358 e. The number of hydrogen-bond donors (Lipinski definition) is 0. The summed E-state index contributed by atoms with van der Waals surface area (Å²) in [4.78, 5) is 0. The third-order valence-electron chi connectivity index (χ3n) is 0. The molecule has 0 spiro atoms. The summed E-state index contributed by atoms with van der Waals surface area (Å²) in [6.45, 7) is 5.00. The molecule has 0 rings (SSSR count). The zero-order valence-corrected chi connectivity index (χ0v) is 9.54. The Morgan fingerprint density at radius 1 is 1.00 bits per heavy atom. The summed E-state index contributed by atoms with van der Waals surface area (Å²) in [5.74, 6) is 0. The van der Waals surface area contributed by atoms with Crippen molar-refractivity contribution in [1.82, 2.24) is 0 Å². The van der Waals surface area contributed by atoms with Crippen LogP contribution in [0.3, 0.4) is 0 Å². The third-order valence-corrected chi connectivity index (χ3v) is 0. The van der Waals surface area contributed by atoms with E-state index in [0.29, 0.717) is 0 Å². The molecule has 0 aromatic carbocycles. The molecule has 0 aromatic rings. The van der Waals surface area contributed by atoms with Gasteiger partial charge in [-0.2, -0.15) is 6.92 Å². The summed E-state index contributed by atoms with van der Waals surface area (Å²) >= 11 is 0.